The van der Waals surface area contributed by atoms with Crippen molar-refractivity contribution in [3.63, 3.8) is 0 Å². The number of nitrogens with one attached hydrogen (secondary N) is 2. The highest BCUT2D eigenvalue weighted by Gasteiger charge is 2.31. The maximum atomic E-state index is 13.4. The van der Waals surface area contributed by atoms with Crippen LogP contribution >= 0.6 is 0 Å². The largest absolute Gasteiger partial charge is 0.394 e. The summed E-state index contributed by atoms with van der Waals surface area (Å²) in [4.78, 5) is 12.1. The van der Waals surface area contributed by atoms with Crippen LogP contribution in [0, 0.1) is 17.6 Å². The molecule has 1 heterocycles. The highest BCUT2D eigenvalue weighted by molar-refractivity contribution is 5.74. The Morgan fingerprint density at radius 2 is 2.12 bits per heavy atom. The summed E-state index contributed by atoms with van der Waals surface area (Å²) >= 11 is 0. The second kappa shape index (κ2) is 8.39. The number of benzene rings is 1. The Labute approximate surface area is 140 Å². The van der Waals surface area contributed by atoms with Gasteiger partial charge in [-0.15, -0.1) is 0 Å². The van der Waals surface area contributed by atoms with Crippen LogP contribution in [0.1, 0.15) is 38.4 Å². The highest BCUT2D eigenvalue weighted by atomic mass is 19.2. The monoisotopic (exact) mass is 342 g/mol. The molecule has 5 nitrogen and oxygen atoms in total. The fourth-order valence-electron chi connectivity index (χ4n) is 2.90. The average Bonchev–Trinajstić information content (AvgIpc) is 2.96. The van der Waals surface area contributed by atoms with E-state index in [0.29, 0.717) is 30.9 Å². The van der Waals surface area contributed by atoms with Crippen molar-refractivity contribution in [3.05, 3.63) is 35.4 Å². The number of aliphatic hydroxyl groups excluding tert-OH is 1. The van der Waals surface area contributed by atoms with E-state index in [1.807, 2.05) is 13.8 Å². The first-order valence-electron chi connectivity index (χ1n) is 8.15. The van der Waals surface area contributed by atoms with Gasteiger partial charge in [-0.2, -0.15) is 0 Å². The molecule has 0 aliphatic carbocycles. The van der Waals surface area contributed by atoms with Gasteiger partial charge in [-0.05, 0) is 36.5 Å². The molecule has 2 rings (SSSR count). The Bertz CT molecular complexity index is 569. The zero-order valence-corrected chi connectivity index (χ0v) is 13.9. The van der Waals surface area contributed by atoms with E-state index in [-0.39, 0.29) is 18.7 Å². The highest BCUT2D eigenvalue weighted by Crippen LogP contribution is 2.30. The van der Waals surface area contributed by atoms with Gasteiger partial charge in [0.2, 0.25) is 0 Å². The van der Waals surface area contributed by atoms with Gasteiger partial charge in [0.1, 0.15) is 6.10 Å². The number of amides is 2. The van der Waals surface area contributed by atoms with Crippen LogP contribution in [0.15, 0.2) is 18.2 Å². The van der Waals surface area contributed by atoms with Crippen molar-refractivity contribution >= 4 is 6.03 Å². The van der Waals surface area contributed by atoms with Gasteiger partial charge in [0.05, 0.1) is 18.7 Å². The predicted octanol–water partition coefficient (Wildman–Crippen LogP) is 2.50. The molecule has 1 fully saturated rings. The maximum absolute atomic E-state index is 13.4. The summed E-state index contributed by atoms with van der Waals surface area (Å²) in [6.07, 6.45) is 0.714. The fourth-order valence-corrected chi connectivity index (χ4v) is 2.90. The third kappa shape index (κ3) is 4.88. The standard InChI is InChI=1S/C17H24F2N2O3/c1-10(2)7-12(9-22)20-17(23)21-15-5-6-24-16(15)11-3-4-13(18)14(19)8-11/h3-4,8,10,12,15-16,22H,5-7,9H2,1-2H3,(H2,20,21,23)/t12-,15+,16+/m1/s1. The molecular weight excluding hydrogens is 318 g/mol. The van der Waals surface area contributed by atoms with E-state index < -0.39 is 23.8 Å². The van der Waals surface area contributed by atoms with Crippen molar-refractivity contribution in [1.82, 2.24) is 10.6 Å². The molecule has 1 saturated heterocycles. The van der Waals surface area contributed by atoms with Gasteiger partial charge in [-0.25, -0.2) is 13.6 Å². The van der Waals surface area contributed by atoms with E-state index in [2.05, 4.69) is 10.6 Å². The first-order chi connectivity index (χ1) is 11.4. The van der Waals surface area contributed by atoms with E-state index >= 15 is 0 Å². The average molecular weight is 342 g/mol. The quantitative estimate of drug-likeness (QED) is 0.744. The number of hydrogen-bond donors (Lipinski definition) is 3. The maximum Gasteiger partial charge on any atom is 0.315 e. The first kappa shape index (κ1) is 18.6. The number of ether oxygens (including phenoxy) is 1. The predicted molar refractivity (Wildman–Crippen MR) is 85.5 cm³/mol. The molecule has 134 valence electrons. The minimum absolute atomic E-state index is 0.140. The van der Waals surface area contributed by atoms with Gasteiger partial charge in [0.15, 0.2) is 11.6 Å². The number of carbonyl (C=O) groups excluding carboxylic acids is 1. The Hall–Kier alpha value is -1.73. The smallest absolute Gasteiger partial charge is 0.315 e. The van der Waals surface area contributed by atoms with Crippen LogP contribution in [0.25, 0.3) is 0 Å². The molecule has 0 saturated carbocycles. The minimum atomic E-state index is -0.941. The summed E-state index contributed by atoms with van der Waals surface area (Å²) in [5.41, 5.74) is 0.484. The van der Waals surface area contributed by atoms with Crippen LogP contribution in [0.3, 0.4) is 0 Å². The van der Waals surface area contributed by atoms with E-state index in [1.165, 1.54) is 6.07 Å². The van der Waals surface area contributed by atoms with Crippen LogP contribution in [-0.4, -0.2) is 36.4 Å². The Morgan fingerprint density at radius 1 is 1.38 bits per heavy atom. The number of aliphatic hydroxyl groups is 1. The second-order valence-electron chi connectivity index (χ2n) is 6.49. The van der Waals surface area contributed by atoms with Crippen molar-refractivity contribution in [2.45, 2.75) is 44.9 Å². The molecule has 7 heteroatoms. The Balaban J connectivity index is 1.97. The molecule has 3 atom stereocenters. The summed E-state index contributed by atoms with van der Waals surface area (Å²) in [5.74, 6) is -1.52. The molecule has 1 aliphatic heterocycles. The number of halogens is 2. The summed E-state index contributed by atoms with van der Waals surface area (Å²) < 4.78 is 32.0. The number of hydrogen-bond acceptors (Lipinski definition) is 3. The van der Waals surface area contributed by atoms with Crippen LogP contribution in [0.2, 0.25) is 0 Å². The van der Waals surface area contributed by atoms with Crippen LogP contribution in [0.5, 0.6) is 0 Å². The lowest BCUT2D eigenvalue weighted by molar-refractivity contribution is 0.0992. The molecular formula is C17H24F2N2O3. The molecule has 1 aromatic rings. The van der Waals surface area contributed by atoms with Crippen molar-refractivity contribution < 1.29 is 23.4 Å². The summed E-state index contributed by atoms with van der Waals surface area (Å²) in [5, 5.41) is 14.9. The molecule has 0 aromatic heterocycles. The lowest BCUT2D eigenvalue weighted by Gasteiger charge is -2.23. The second-order valence-corrected chi connectivity index (χ2v) is 6.49. The van der Waals surface area contributed by atoms with Crippen molar-refractivity contribution in [3.8, 4) is 0 Å². The molecule has 0 bridgehead atoms. The van der Waals surface area contributed by atoms with Crippen molar-refractivity contribution in [2.75, 3.05) is 13.2 Å². The Kier molecular flexibility index (Phi) is 6.51. The molecule has 0 radical (unpaired) electrons. The number of urea groups is 1. The van der Waals surface area contributed by atoms with E-state index in [0.717, 1.165) is 12.1 Å². The molecule has 0 spiro atoms. The third-order valence-electron chi connectivity index (χ3n) is 3.99. The van der Waals surface area contributed by atoms with Gasteiger partial charge >= 0.3 is 6.03 Å². The normalized spacial score (nSPS) is 21.8. The molecule has 24 heavy (non-hydrogen) atoms. The van der Waals surface area contributed by atoms with E-state index in [4.69, 9.17) is 4.74 Å². The van der Waals surface area contributed by atoms with Crippen LogP contribution < -0.4 is 10.6 Å². The van der Waals surface area contributed by atoms with E-state index in [1.54, 1.807) is 0 Å². The summed E-state index contributed by atoms with van der Waals surface area (Å²) in [6.45, 7) is 4.29. The van der Waals surface area contributed by atoms with Gasteiger partial charge in [-0.1, -0.05) is 19.9 Å². The Morgan fingerprint density at radius 3 is 2.75 bits per heavy atom. The first-order valence-corrected chi connectivity index (χ1v) is 8.15. The zero-order chi connectivity index (χ0) is 17.7. The van der Waals surface area contributed by atoms with E-state index in [9.17, 15) is 18.7 Å². The summed E-state index contributed by atoms with van der Waals surface area (Å²) in [6, 6.07) is 2.53. The molecule has 1 aliphatic rings. The van der Waals surface area contributed by atoms with Crippen LogP contribution in [-0.2, 0) is 4.74 Å². The number of rotatable bonds is 6. The van der Waals surface area contributed by atoms with Crippen molar-refractivity contribution in [2.24, 2.45) is 5.92 Å². The fraction of sp³-hybridized carbons (Fsp3) is 0.588. The van der Waals surface area contributed by atoms with Gasteiger partial charge in [0.25, 0.3) is 0 Å². The number of carbonyl (C=O) groups is 1. The van der Waals surface area contributed by atoms with Gasteiger partial charge < -0.3 is 20.5 Å². The van der Waals surface area contributed by atoms with Gasteiger partial charge in [-0.3, -0.25) is 0 Å². The van der Waals surface area contributed by atoms with Crippen molar-refractivity contribution in [1.29, 1.82) is 0 Å². The molecule has 3 N–H and O–H groups in total. The zero-order valence-electron chi connectivity index (χ0n) is 13.9. The lowest BCUT2D eigenvalue weighted by Crippen LogP contribution is -2.48. The summed E-state index contributed by atoms with van der Waals surface area (Å²) in [7, 11) is 0. The van der Waals surface area contributed by atoms with Gasteiger partial charge in [0, 0.05) is 6.61 Å². The topological polar surface area (TPSA) is 70.6 Å². The molecule has 2 amide bonds. The molecule has 0 unspecified atom stereocenters. The lowest BCUT2D eigenvalue weighted by atomic mass is 10.0. The molecule has 1 aromatic carbocycles. The minimum Gasteiger partial charge on any atom is -0.394 e. The van der Waals surface area contributed by atoms with Crippen LogP contribution in [0.4, 0.5) is 13.6 Å². The SMILES string of the molecule is CC(C)C[C@H](CO)NC(=O)N[C@H]1CCO[C@H]1c1ccc(F)c(F)c1. The third-order valence-corrected chi connectivity index (χ3v) is 3.99.